The van der Waals surface area contributed by atoms with Gasteiger partial charge in [-0.2, -0.15) is 0 Å². The Morgan fingerprint density at radius 1 is 1.06 bits per heavy atom. The van der Waals surface area contributed by atoms with Crippen molar-refractivity contribution in [2.24, 2.45) is 11.8 Å². The van der Waals surface area contributed by atoms with E-state index in [2.05, 4.69) is 37.2 Å². The van der Waals surface area contributed by atoms with Crippen molar-refractivity contribution in [1.29, 1.82) is 0 Å². The number of anilines is 2. The number of carbonyl (C=O) groups excluding carboxylic acids is 4. The van der Waals surface area contributed by atoms with Gasteiger partial charge >= 0.3 is 5.97 Å². The Morgan fingerprint density at radius 2 is 1.76 bits per heavy atom. The summed E-state index contributed by atoms with van der Waals surface area (Å²) in [4.78, 5) is 61.5. The largest absolute Gasteiger partial charge is 0.463 e. The molecule has 3 heterocycles. The molecule has 3 aliphatic heterocycles. The molecule has 0 aromatic heterocycles. The molecular formula is C40H52N4O7. The number of hydrogen-bond donors (Lipinski definition) is 2. The predicted molar refractivity (Wildman–Crippen MR) is 196 cm³/mol. The highest BCUT2D eigenvalue weighted by Crippen LogP contribution is 2.58. The lowest BCUT2D eigenvalue weighted by Gasteiger charge is -2.37. The number of nitrogens with one attached hydrogen (secondary N) is 1. The van der Waals surface area contributed by atoms with E-state index in [9.17, 15) is 24.3 Å². The zero-order chi connectivity index (χ0) is 36.5. The second kappa shape index (κ2) is 17.2. The third-order valence-corrected chi connectivity index (χ3v) is 10.5. The quantitative estimate of drug-likeness (QED) is 0.124. The number of nitrogens with zero attached hydrogens (tertiary/aromatic N) is 3. The molecule has 1 spiro atoms. The van der Waals surface area contributed by atoms with E-state index in [-0.39, 0.29) is 50.4 Å². The molecule has 6 atom stereocenters. The van der Waals surface area contributed by atoms with Crippen molar-refractivity contribution in [1.82, 2.24) is 10.2 Å². The fourth-order valence-electron chi connectivity index (χ4n) is 8.04. The summed E-state index contributed by atoms with van der Waals surface area (Å²) in [7, 11) is 0. The van der Waals surface area contributed by atoms with Gasteiger partial charge in [0.1, 0.15) is 18.2 Å². The highest BCUT2D eigenvalue weighted by molar-refractivity contribution is 6.05. The summed E-state index contributed by atoms with van der Waals surface area (Å²) >= 11 is 0. The van der Waals surface area contributed by atoms with Crippen molar-refractivity contribution < 1.29 is 33.8 Å². The van der Waals surface area contributed by atoms with Crippen molar-refractivity contribution in [2.75, 3.05) is 49.2 Å². The van der Waals surface area contributed by atoms with Crippen LogP contribution in [0, 0.1) is 11.8 Å². The van der Waals surface area contributed by atoms with Crippen molar-refractivity contribution >= 4 is 35.1 Å². The molecule has 0 aliphatic carbocycles. The smallest absolute Gasteiger partial charge is 0.306 e. The Hall–Kier alpha value is -4.48. The maximum atomic E-state index is 14.8. The SMILES string of the molecule is C=CCCC(=O)OC[C@@H](NC(=O)[C@@H]1[C@@H]2CC[C@]3(O2)[C@H](C(=O)N(CC=C)c2ccc(N(CC)CC)cc2)N(CCCCO)C(=O)[C@@H]13)c1ccccc1. The molecule has 2 aromatic rings. The molecular weight excluding hydrogens is 648 g/mol. The Morgan fingerprint density at radius 3 is 2.41 bits per heavy atom. The number of ether oxygens (including phenoxy) is 2. The number of fused-ring (bicyclic) bond motifs is 1. The van der Waals surface area contributed by atoms with E-state index in [0.717, 1.165) is 24.3 Å². The van der Waals surface area contributed by atoms with E-state index in [4.69, 9.17) is 9.47 Å². The number of unbranched alkanes of at least 4 members (excludes halogenated alkanes) is 1. The number of benzene rings is 2. The third kappa shape index (κ3) is 7.74. The number of hydrogen-bond acceptors (Lipinski definition) is 8. The first-order valence-corrected chi connectivity index (χ1v) is 18.2. The molecule has 5 rings (SSSR count). The molecule has 0 saturated carbocycles. The lowest BCUT2D eigenvalue weighted by molar-refractivity contribution is -0.146. The third-order valence-electron chi connectivity index (χ3n) is 10.5. The summed E-state index contributed by atoms with van der Waals surface area (Å²) in [6.07, 6.45) is 5.34. The maximum absolute atomic E-state index is 14.8. The van der Waals surface area contributed by atoms with Crippen molar-refractivity contribution in [3.8, 4) is 0 Å². The molecule has 2 aromatic carbocycles. The van der Waals surface area contributed by atoms with Crippen LogP contribution >= 0.6 is 0 Å². The number of aliphatic hydroxyl groups is 1. The number of amides is 3. The van der Waals surface area contributed by atoms with E-state index >= 15 is 0 Å². The zero-order valence-corrected chi connectivity index (χ0v) is 29.9. The van der Waals surface area contributed by atoms with Gasteiger partial charge in [0, 0.05) is 50.6 Å². The van der Waals surface area contributed by atoms with Gasteiger partial charge in [0.05, 0.1) is 24.0 Å². The van der Waals surface area contributed by atoms with E-state index in [1.165, 1.54) is 0 Å². The highest BCUT2D eigenvalue weighted by atomic mass is 16.5. The normalized spacial score (nSPS) is 23.7. The molecule has 0 radical (unpaired) electrons. The second-order valence-corrected chi connectivity index (χ2v) is 13.4. The monoisotopic (exact) mass is 700 g/mol. The average molecular weight is 701 g/mol. The molecule has 2 N–H and O–H groups in total. The van der Waals surface area contributed by atoms with E-state index < -0.39 is 41.6 Å². The standard InChI is InChI=1S/C40H52N4O7/c1-5-9-17-33(46)50-27-31(28-15-11-10-12-16-28)41-37(47)34-32-22-23-40(51-32)35(34)38(48)44(25-13-14-26-45)36(40)39(49)43(24-6-2)30-20-18-29(19-21-30)42(7-3)8-4/h5-6,10-12,15-16,18-21,31-32,34-36,45H,1-2,7-9,13-14,17,22-27H2,3-4H3,(H,41,47)/t31-,32+,34-,35-,36+,40-/m1/s1. The number of allylic oxidation sites excluding steroid dienone is 1. The summed E-state index contributed by atoms with van der Waals surface area (Å²) in [5, 5.41) is 12.6. The van der Waals surface area contributed by atoms with Crippen LogP contribution in [-0.2, 0) is 28.7 Å². The number of rotatable bonds is 19. The maximum Gasteiger partial charge on any atom is 0.306 e. The Bertz CT molecular complexity index is 1550. The number of esters is 1. The minimum atomic E-state index is -1.19. The Labute approximate surface area is 301 Å². The van der Waals surface area contributed by atoms with Gasteiger partial charge in [-0.05, 0) is 75.8 Å². The van der Waals surface area contributed by atoms with Gasteiger partial charge in [0.15, 0.2) is 0 Å². The summed E-state index contributed by atoms with van der Waals surface area (Å²) in [5.74, 6) is -3.08. The predicted octanol–water partition coefficient (Wildman–Crippen LogP) is 4.57. The van der Waals surface area contributed by atoms with Gasteiger partial charge in [-0.1, -0.05) is 42.5 Å². The molecule has 3 amide bonds. The van der Waals surface area contributed by atoms with Gasteiger partial charge in [0.2, 0.25) is 11.8 Å². The van der Waals surface area contributed by atoms with Gasteiger partial charge in [-0.3, -0.25) is 19.2 Å². The van der Waals surface area contributed by atoms with Gasteiger partial charge in [0.25, 0.3) is 5.91 Å². The minimum Gasteiger partial charge on any atom is -0.463 e. The van der Waals surface area contributed by atoms with Crippen LogP contribution in [0.5, 0.6) is 0 Å². The van der Waals surface area contributed by atoms with Crippen LogP contribution in [-0.4, -0.2) is 90.8 Å². The minimum absolute atomic E-state index is 0.0423. The van der Waals surface area contributed by atoms with Crippen LogP contribution in [0.4, 0.5) is 11.4 Å². The molecule has 3 fully saturated rings. The van der Waals surface area contributed by atoms with Crippen LogP contribution in [0.15, 0.2) is 79.9 Å². The number of likely N-dealkylation sites (tertiary alicyclic amines) is 1. The van der Waals surface area contributed by atoms with Crippen molar-refractivity contribution in [2.45, 2.75) is 76.2 Å². The molecule has 2 bridgehead atoms. The van der Waals surface area contributed by atoms with Crippen LogP contribution in [0.3, 0.4) is 0 Å². The fourth-order valence-corrected chi connectivity index (χ4v) is 8.04. The summed E-state index contributed by atoms with van der Waals surface area (Å²) < 4.78 is 12.2. The lowest BCUT2D eigenvalue weighted by atomic mass is 9.70. The zero-order valence-electron chi connectivity index (χ0n) is 29.9. The van der Waals surface area contributed by atoms with Gasteiger partial charge < -0.3 is 34.6 Å². The Balaban J connectivity index is 1.44. The second-order valence-electron chi connectivity index (χ2n) is 13.4. The molecule has 3 saturated heterocycles. The van der Waals surface area contributed by atoms with Gasteiger partial charge in [-0.15, -0.1) is 13.2 Å². The van der Waals surface area contributed by atoms with Gasteiger partial charge in [-0.25, -0.2) is 0 Å². The van der Waals surface area contributed by atoms with Crippen LogP contribution < -0.4 is 15.1 Å². The van der Waals surface area contributed by atoms with E-state index in [0.29, 0.717) is 37.8 Å². The van der Waals surface area contributed by atoms with Crippen molar-refractivity contribution in [3.05, 3.63) is 85.5 Å². The Kier molecular flexibility index (Phi) is 12.7. The molecule has 11 nitrogen and oxygen atoms in total. The van der Waals surface area contributed by atoms with Crippen LogP contribution in [0.1, 0.15) is 64.0 Å². The highest BCUT2D eigenvalue weighted by Gasteiger charge is 2.74. The molecule has 11 heteroatoms. The van der Waals surface area contributed by atoms with Crippen LogP contribution in [0.25, 0.3) is 0 Å². The molecule has 274 valence electrons. The number of carbonyl (C=O) groups is 4. The topological polar surface area (TPSA) is 129 Å². The fraction of sp³-hybridized carbons (Fsp3) is 0.500. The molecule has 0 unspecified atom stereocenters. The van der Waals surface area contributed by atoms with E-state index in [1.807, 2.05) is 54.6 Å². The first-order chi connectivity index (χ1) is 24.7. The molecule has 3 aliphatic rings. The average Bonchev–Trinajstić information content (AvgIpc) is 3.79. The first kappa shape index (κ1) is 37.8. The summed E-state index contributed by atoms with van der Waals surface area (Å²) in [6, 6.07) is 15.4. The summed E-state index contributed by atoms with van der Waals surface area (Å²) in [5.41, 5.74) is 1.28. The van der Waals surface area contributed by atoms with E-state index in [1.54, 1.807) is 22.0 Å². The molecule has 51 heavy (non-hydrogen) atoms. The van der Waals surface area contributed by atoms with Crippen LogP contribution in [0.2, 0.25) is 0 Å². The first-order valence-electron chi connectivity index (χ1n) is 18.2. The lowest BCUT2D eigenvalue weighted by Crippen LogP contribution is -2.56. The summed E-state index contributed by atoms with van der Waals surface area (Å²) in [6.45, 7) is 13.8. The van der Waals surface area contributed by atoms with Crippen molar-refractivity contribution in [3.63, 3.8) is 0 Å². The number of aliphatic hydroxyl groups excluding tert-OH is 1.